The smallest absolute Gasteiger partial charge is 0.239 e. The molecule has 7 nitrogen and oxygen atoms in total. The summed E-state index contributed by atoms with van der Waals surface area (Å²) in [6.45, 7) is 4.56. The van der Waals surface area contributed by atoms with E-state index in [1.54, 1.807) is 12.4 Å². The van der Waals surface area contributed by atoms with Crippen molar-refractivity contribution in [3.63, 3.8) is 0 Å². The van der Waals surface area contributed by atoms with Gasteiger partial charge in [0.15, 0.2) is 18.3 Å². The Morgan fingerprint density at radius 1 is 0.865 bits per heavy atom. The highest BCUT2D eigenvalue weighted by Gasteiger charge is 2.27. The van der Waals surface area contributed by atoms with E-state index in [-0.39, 0.29) is 5.54 Å². The Kier molecular flexibility index (Phi) is 5.77. The van der Waals surface area contributed by atoms with Crippen molar-refractivity contribution in [2.24, 2.45) is 5.73 Å². The lowest BCUT2D eigenvalue weighted by Gasteiger charge is -2.27. The van der Waals surface area contributed by atoms with Gasteiger partial charge in [-0.1, -0.05) is 68.4 Å². The van der Waals surface area contributed by atoms with Crippen LogP contribution in [0.1, 0.15) is 38.1 Å². The van der Waals surface area contributed by atoms with Crippen LogP contribution in [0.2, 0.25) is 0 Å². The van der Waals surface area contributed by atoms with E-state index in [0.717, 1.165) is 63.7 Å². The van der Waals surface area contributed by atoms with Gasteiger partial charge in [-0.3, -0.25) is 9.55 Å². The Morgan fingerprint density at radius 3 is 2.30 bits per heavy atom. The average Bonchev–Trinajstić information content (AvgIpc) is 3.42. The summed E-state index contributed by atoms with van der Waals surface area (Å²) in [6.07, 6.45) is 5.27. The van der Waals surface area contributed by atoms with Crippen LogP contribution in [0.3, 0.4) is 0 Å². The van der Waals surface area contributed by atoms with Crippen molar-refractivity contribution in [1.82, 2.24) is 24.7 Å². The number of benzene rings is 2. The normalized spacial score (nSPS) is 12.5. The van der Waals surface area contributed by atoms with E-state index in [0.29, 0.717) is 12.5 Å². The summed E-state index contributed by atoms with van der Waals surface area (Å²) in [5.74, 6) is 2.02. The number of pyridine rings is 2. The first-order chi connectivity index (χ1) is 18.1. The van der Waals surface area contributed by atoms with E-state index < -0.39 is 0 Å². The second-order valence-electron chi connectivity index (χ2n) is 9.32. The fourth-order valence-corrected chi connectivity index (χ4v) is 4.91. The molecule has 2 N–H and O–H groups in total. The SMILES string of the molecule is CCC(N)(CC)c1ccc(-c2nc3c(cc2-c2ccccc2)-n2c(nnc2-c2ccncc2)CO3)cc1. The zero-order valence-corrected chi connectivity index (χ0v) is 20.9. The van der Waals surface area contributed by atoms with Gasteiger partial charge in [0.2, 0.25) is 5.88 Å². The minimum atomic E-state index is -0.332. The Hall–Kier alpha value is -4.36. The van der Waals surface area contributed by atoms with E-state index in [1.165, 1.54) is 0 Å². The minimum Gasteiger partial charge on any atom is -0.468 e. The van der Waals surface area contributed by atoms with Crippen LogP contribution in [-0.4, -0.2) is 24.7 Å². The maximum Gasteiger partial charge on any atom is 0.239 e. The second kappa shape index (κ2) is 9.26. The van der Waals surface area contributed by atoms with Crippen molar-refractivity contribution in [2.75, 3.05) is 0 Å². The molecule has 184 valence electrons. The molecule has 0 atom stereocenters. The third-order valence-electron chi connectivity index (χ3n) is 7.30. The summed E-state index contributed by atoms with van der Waals surface area (Å²) < 4.78 is 8.13. The first-order valence-electron chi connectivity index (χ1n) is 12.6. The fourth-order valence-electron chi connectivity index (χ4n) is 4.91. The molecule has 0 spiro atoms. The Bertz CT molecular complexity index is 1540. The van der Waals surface area contributed by atoms with Gasteiger partial charge < -0.3 is 10.5 Å². The average molecular weight is 489 g/mol. The van der Waals surface area contributed by atoms with Crippen molar-refractivity contribution in [3.8, 4) is 45.3 Å². The highest BCUT2D eigenvalue weighted by molar-refractivity contribution is 5.83. The lowest BCUT2D eigenvalue weighted by molar-refractivity contribution is 0.268. The third kappa shape index (κ3) is 3.97. The van der Waals surface area contributed by atoms with Gasteiger partial charge in [-0.2, -0.15) is 0 Å². The summed E-state index contributed by atoms with van der Waals surface area (Å²) in [4.78, 5) is 9.20. The summed E-state index contributed by atoms with van der Waals surface area (Å²) in [7, 11) is 0. The fraction of sp³-hybridized carbons (Fsp3) is 0.200. The Labute approximate surface area is 216 Å². The van der Waals surface area contributed by atoms with Crippen molar-refractivity contribution < 1.29 is 4.74 Å². The molecule has 6 rings (SSSR count). The van der Waals surface area contributed by atoms with Gasteiger partial charge in [0.05, 0.1) is 5.69 Å². The number of rotatable bonds is 6. The molecule has 3 aromatic heterocycles. The van der Waals surface area contributed by atoms with E-state index in [9.17, 15) is 0 Å². The predicted octanol–water partition coefficient (Wildman–Crippen LogP) is 5.92. The van der Waals surface area contributed by atoms with Gasteiger partial charge in [-0.05, 0) is 42.2 Å². The zero-order chi connectivity index (χ0) is 25.4. The molecule has 37 heavy (non-hydrogen) atoms. The number of aromatic nitrogens is 5. The van der Waals surface area contributed by atoms with Crippen LogP contribution < -0.4 is 10.5 Å². The van der Waals surface area contributed by atoms with Gasteiger partial charge in [0.1, 0.15) is 5.69 Å². The van der Waals surface area contributed by atoms with Crippen molar-refractivity contribution in [3.05, 3.63) is 96.6 Å². The van der Waals surface area contributed by atoms with Crippen LogP contribution in [0.15, 0.2) is 85.2 Å². The summed E-state index contributed by atoms with van der Waals surface area (Å²) in [5.41, 5.74) is 13.1. The van der Waals surface area contributed by atoms with Crippen LogP contribution in [0, 0.1) is 0 Å². The van der Waals surface area contributed by atoms with Crippen LogP contribution in [0.5, 0.6) is 5.88 Å². The molecule has 7 heteroatoms. The van der Waals surface area contributed by atoms with Crippen LogP contribution in [0.25, 0.3) is 39.5 Å². The third-order valence-corrected chi connectivity index (χ3v) is 7.30. The van der Waals surface area contributed by atoms with Gasteiger partial charge in [0.25, 0.3) is 0 Å². The van der Waals surface area contributed by atoms with Crippen molar-refractivity contribution in [1.29, 1.82) is 0 Å². The summed E-state index contributed by atoms with van der Waals surface area (Å²) in [6, 6.07) is 24.7. The molecule has 5 aromatic rings. The van der Waals surface area contributed by atoms with Gasteiger partial charge in [0, 0.05) is 34.6 Å². The molecular formula is C30H28N6O. The molecule has 0 fully saturated rings. The molecule has 0 unspecified atom stereocenters. The summed E-state index contributed by atoms with van der Waals surface area (Å²) >= 11 is 0. The zero-order valence-electron chi connectivity index (χ0n) is 20.9. The number of nitrogens with two attached hydrogens (primary N) is 1. The molecule has 1 aliphatic rings. The summed E-state index contributed by atoms with van der Waals surface area (Å²) in [5, 5.41) is 8.86. The highest BCUT2D eigenvalue weighted by atomic mass is 16.5. The van der Waals surface area contributed by atoms with E-state index in [4.69, 9.17) is 15.5 Å². The standard InChI is InChI=1S/C30H28N6O/c1-3-30(31,4-2)23-12-10-21(11-13-23)27-24(20-8-6-5-7-9-20)18-25-29(33-27)37-19-26-34-35-28(36(25)26)22-14-16-32-17-15-22/h5-18H,3-4,19,31H2,1-2H3. The van der Waals surface area contributed by atoms with Crippen LogP contribution >= 0.6 is 0 Å². The molecule has 0 saturated carbocycles. The van der Waals surface area contributed by atoms with Crippen LogP contribution in [0.4, 0.5) is 0 Å². The highest BCUT2D eigenvalue weighted by Crippen LogP contribution is 2.40. The largest absolute Gasteiger partial charge is 0.468 e. The molecular weight excluding hydrogens is 460 g/mol. The van der Waals surface area contributed by atoms with E-state index in [2.05, 4.69) is 71.5 Å². The monoisotopic (exact) mass is 488 g/mol. The van der Waals surface area contributed by atoms with Crippen LogP contribution in [-0.2, 0) is 12.1 Å². The molecule has 0 amide bonds. The van der Waals surface area contributed by atoms with Gasteiger partial charge in [-0.25, -0.2) is 4.98 Å². The molecule has 0 bridgehead atoms. The number of hydrogen-bond acceptors (Lipinski definition) is 6. The number of hydrogen-bond donors (Lipinski definition) is 1. The topological polar surface area (TPSA) is 91.7 Å². The first-order valence-corrected chi connectivity index (χ1v) is 12.6. The predicted molar refractivity (Wildman–Crippen MR) is 144 cm³/mol. The molecule has 0 aliphatic carbocycles. The van der Waals surface area contributed by atoms with Crippen molar-refractivity contribution in [2.45, 2.75) is 38.8 Å². The van der Waals surface area contributed by atoms with E-state index in [1.807, 2.05) is 34.9 Å². The lowest BCUT2D eigenvalue weighted by Crippen LogP contribution is -2.34. The van der Waals surface area contributed by atoms with Gasteiger partial charge in [-0.15, -0.1) is 10.2 Å². The maximum absolute atomic E-state index is 6.66. The first kappa shape index (κ1) is 23.1. The quantitative estimate of drug-likeness (QED) is 0.319. The Balaban J connectivity index is 1.53. The van der Waals surface area contributed by atoms with Gasteiger partial charge >= 0.3 is 0 Å². The van der Waals surface area contributed by atoms with Crippen molar-refractivity contribution >= 4 is 0 Å². The second-order valence-corrected chi connectivity index (χ2v) is 9.32. The number of ether oxygens (including phenoxy) is 1. The molecule has 0 radical (unpaired) electrons. The molecule has 2 aromatic carbocycles. The minimum absolute atomic E-state index is 0.295. The molecule has 4 heterocycles. The Morgan fingerprint density at radius 2 is 1.59 bits per heavy atom. The number of nitrogens with zero attached hydrogens (tertiary/aromatic N) is 5. The maximum atomic E-state index is 6.66. The molecule has 0 saturated heterocycles. The lowest BCUT2D eigenvalue weighted by atomic mass is 9.85. The molecule has 1 aliphatic heterocycles. The van der Waals surface area contributed by atoms with E-state index >= 15 is 0 Å². The number of fused-ring (bicyclic) bond motifs is 3.